The van der Waals surface area contributed by atoms with Gasteiger partial charge in [0.05, 0.1) is 37.2 Å². The van der Waals surface area contributed by atoms with Gasteiger partial charge in [-0.15, -0.1) is 0 Å². The van der Waals surface area contributed by atoms with Crippen molar-refractivity contribution in [2.75, 3.05) is 19.1 Å². The maximum absolute atomic E-state index is 14.2. The number of anilines is 1. The van der Waals surface area contributed by atoms with Gasteiger partial charge >= 0.3 is 0 Å². The number of phenolic OH excluding ortho intramolecular Hbond substituents is 1. The van der Waals surface area contributed by atoms with Crippen LogP contribution in [-0.4, -0.2) is 42.7 Å². The average Bonchev–Trinajstić information content (AvgIpc) is 3.24. The highest BCUT2D eigenvalue weighted by atomic mass is 16.5. The Labute approximate surface area is 245 Å². The molecule has 2 aromatic carbocycles. The number of methoxy groups -OCH3 is 2. The lowest BCUT2D eigenvalue weighted by molar-refractivity contribution is -0.141. The first-order valence-electron chi connectivity index (χ1n) is 14.4. The molecule has 2 fully saturated rings. The Morgan fingerprint density at radius 3 is 2.21 bits per heavy atom. The Hall–Kier alpha value is -4.20. The molecule has 218 valence electrons. The van der Waals surface area contributed by atoms with Crippen molar-refractivity contribution in [2.24, 2.45) is 29.1 Å². The fourth-order valence-electron chi connectivity index (χ4n) is 8.05. The summed E-state index contributed by atoms with van der Waals surface area (Å²) >= 11 is 0. The summed E-state index contributed by atoms with van der Waals surface area (Å²) < 4.78 is 11.5. The van der Waals surface area contributed by atoms with Crippen molar-refractivity contribution in [2.45, 2.75) is 46.0 Å². The number of imide groups is 1. The van der Waals surface area contributed by atoms with Crippen molar-refractivity contribution in [1.29, 1.82) is 0 Å². The summed E-state index contributed by atoms with van der Waals surface area (Å²) in [6.45, 7) is 5.52. The van der Waals surface area contributed by atoms with Gasteiger partial charge in [0.25, 0.3) is 0 Å². The second-order valence-electron chi connectivity index (χ2n) is 12.0. The second-order valence-corrected chi connectivity index (χ2v) is 12.0. The molecule has 0 aromatic heterocycles. The third kappa shape index (κ3) is 3.80. The number of hydrogen-bond acceptors (Lipinski definition) is 7. The molecule has 2 aromatic rings. The number of carbonyl (C=O) groups excluding carboxylic acids is 4. The molecular weight excluding hydrogens is 534 g/mol. The first kappa shape index (κ1) is 27.9. The summed E-state index contributed by atoms with van der Waals surface area (Å²) in [6, 6.07) is 10.4. The van der Waals surface area contributed by atoms with Gasteiger partial charge in [0.1, 0.15) is 17.2 Å². The SMILES string of the molecule is CCc1ccc(N2C(=O)[C@H]3[C@H](CC=C4[C@H]3C[C@H]3C(=O)C=C(C)C(=O)[C@@]3(C)[C@H]4c3c(OC)cc(O)cc3OC)C2=O)cc1. The van der Waals surface area contributed by atoms with Crippen molar-refractivity contribution in [3.63, 3.8) is 0 Å². The Bertz CT molecular complexity index is 1560. The molecule has 1 aliphatic heterocycles. The molecule has 42 heavy (non-hydrogen) atoms. The van der Waals surface area contributed by atoms with E-state index in [0.717, 1.165) is 17.6 Å². The van der Waals surface area contributed by atoms with E-state index in [-0.39, 0.29) is 35.6 Å². The number of amides is 2. The van der Waals surface area contributed by atoms with Crippen LogP contribution in [0.15, 0.2) is 59.7 Å². The molecule has 8 nitrogen and oxygen atoms in total. The zero-order valence-electron chi connectivity index (χ0n) is 24.5. The number of ether oxygens (including phenoxy) is 2. The summed E-state index contributed by atoms with van der Waals surface area (Å²) in [6.07, 6.45) is 4.86. The van der Waals surface area contributed by atoms with Crippen molar-refractivity contribution in [3.05, 3.63) is 70.8 Å². The number of nitrogens with zero attached hydrogens (tertiary/aromatic N) is 1. The van der Waals surface area contributed by atoms with Crippen molar-refractivity contribution >= 4 is 29.1 Å². The van der Waals surface area contributed by atoms with E-state index in [2.05, 4.69) is 0 Å². The highest BCUT2D eigenvalue weighted by Gasteiger charge is 2.64. The van der Waals surface area contributed by atoms with Gasteiger partial charge in [-0.05, 0) is 61.4 Å². The lowest BCUT2D eigenvalue weighted by atomic mass is 9.47. The summed E-state index contributed by atoms with van der Waals surface area (Å²) in [7, 11) is 2.95. The minimum atomic E-state index is -1.19. The molecule has 6 rings (SSSR count). The fraction of sp³-hybridized carbons (Fsp3) is 0.412. The zero-order chi connectivity index (χ0) is 30.1. The Morgan fingerprint density at radius 2 is 1.62 bits per heavy atom. The average molecular weight is 570 g/mol. The molecule has 0 radical (unpaired) electrons. The van der Waals surface area contributed by atoms with Crippen LogP contribution in [0.5, 0.6) is 17.2 Å². The molecule has 3 aliphatic carbocycles. The number of ketones is 2. The Balaban J connectivity index is 1.53. The number of Topliss-reactive ketones (excluding diaryl/α,β-unsaturated/α-hetero) is 1. The largest absolute Gasteiger partial charge is 0.508 e. The smallest absolute Gasteiger partial charge is 0.238 e. The van der Waals surface area contributed by atoms with E-state index in [1.165, 1.54) is 37.3 Å². The number of phenols is 1. The van der Waals surface area contributed by atoms with E-state index in [0.29, 0.717) is 34.7 Å². The molecule has 2 amide bonds. The van der Waals surface area contributed by atoms with Gasteiger partial charge in [-0.1, -0.05) is 37.6 Å². The molecule has 0 bridgehead atoms. The van der Waals surface area contributed by atoms with Crippen LogP contribution in [0, 0.1) is 29.1 Å². The summed E-state index contributed by atoms with van der Waals surface area (Å²) in [5.74, 6) is -3.34. The van der Waals surface area contributed by atoms with E-state index in [1.54, 1.807) is 6.92 Å². The van der Waals surface area contributed by atoms with E-state index < -0.39 is 35.0 Å². The number of allylic oxidation sites excluding steroid dienone is 4. The minimum absolute atomic E-state index is 0.0670. The molecule has 1 saturated heterocycles. The van der Waals surface area contributed by atoms with E-state index in [4.69, 9.17) is 9.47 Å². The molecular formula is C34H35NO7. The fourth-order valence-corrected chi connectivity index (χ4v) is 8.05. The number of aromatic hydroxyl groups is 1. The molecule has 8 heteroatoms. The predicted octanol–water partition coefficient (Wildman–Crippen LogP) is 4.93. The Kier molecular flexibility index (Phi) is 6.63. The van der Waals surface area contributed by atoms with Crippen LogP contribution in [0.2, 0.25) is 0 Å². The standard InChI is InChI=1S/C34H35NO7/c1-6-18-7-9-19(10-8-18)35-32(39)22-12-11-21-23(28(22)33(35)40)16-24-25(37)13-17(2)31(38)34(24,3)30(21)29-26(41-4)14-20(36)15-27(29)42-5/h7-11,13-15,22-24,28,30,36H,6,12,16H2,1-5H3/t22-,23+,24-,28-,30+,34+/m0/s1. The predicted molar refractivity (Wildman–Crippen MR) is 155 cm³/mol. The highest BCUT2D eigenvalue weighted by molar-refractivity contribution is 6.22. The number of aryl methyl sites for hydroxylation is 1. The molecule has 1 N–H and O–H groups in total. The van der Waals surface area contributed by atoms with Gasteiger partial charge in [0.15, 0.2) is 11.6 Å². The van der Waals surface area contributed by atoms with Gasteiger partial charge < -0.3 is 14.6 Å². The normalized spacial score (nSPS) is 30.3. The monoisotopic (exact) mass is 569 g/mol. The van der Waals surface area contributed by atoms with Crippen LogP contribution in [0.4, 0.5) is 5.69 Å². The van der Waals surface area contributed by atoms with Gasteiger partial charge in [0, 0.05) is 29.5 Å². The minimum Gasteiger partial charge on any atom is -0.508 e. The maximum atomic E-state index is 14.2. The van der Waals surface area contributed by atoms with Crippen LogP contribution in [-0.2, 0) is 25.6 Å². The quantitative estimate of drug-likeness (QED) is 0.402. The number of benzene rings is 2. The second kappa shape index (κ2) is 9.96. The number of rotatable bonds is 5. The number of fused-ring (bicyclic) bond motifs is 4. The van der Waals surface area contributed by atoms with Crippen LogP contribution in [0.25, 0.3) is 0 Å². The molecule has 0 spiro atoms. The Morgan fingerprint density at radius 1 is 0.976 bits per heavy atom. The van der Waals surface area contributed by atoms with Gasteiger partial charge in [0.2, 0.25) is 11.8 Å². The van der Waals surface area contributed by atoms with Gasteiger partial charge in [-0.3, -0.25) is 24.1 Å². The first-order chi connectivity index (χ1) is 20.1. The van der Waals surface area contributed by atoms with Crippen LogP contribution in [0.3, 0.4) is 0 Å². The van der Waals surface area contributed by atoms with E-state index >= 15 is 0 Å². The van der Waals surface area contributed by atoms with Crippen LogP contribution in [0.1, 0.15) is 50.7 Å². The lowest BCUT2D eigenvalue weighted by Crippen LogP contribution is -2.54. The van der Waals surface area contributed by atoms with Gasteiger partial charge in [-0.25, -0.2) is 0 Å². The zero-order valence-corrected chi connectivity index (χ0v) is 24.5. The summed E-state index contributed by atoms with van der Waals surface area (Å²) in [4.78, 5) is 57.0. The number of hydrogen-bond donors (Lipinski definition) is 1. The van der Waals surface area contributed by atoms with Crippen LogP contribution >= 0.6 is 0 Å². The molecule has 1 saturated carbocycles. The maximum Gasteiger partial charge on any atom is 0.238 e. The van der Waals surface area contributed by atoms with Crippen molar-refractivity contribution < 1.29 is 33.8 Å². The number of carbonyl (C=O) groups is 4. The molecule has 4 aliphatic rings. The molecule has 0 unspecified atom stereocenters. The highest BCUT2D eigenvalue weighted by Crippen LogP contribution is 2.64. The third-order valence-corrected chi connectivity index (χ3v) is 10.1. The van der Waals surface area contributed by atoms with Crippen molar-refractivity contribution in [1.82, 2.24) is 0 Å². The van der Waals surface area contributed by atoms with Gasteiger partial charge in [-0.2, -0.15) is 0 Å². The van der Waals surface area contributed by atoms with E-state index in [1.807, 2.05) is 44.2 Å². The third-order valence-electron chi connectivity index (χ3n) is 10.1. The summed E-state index contributed by atoms with van der Waals surface area (Å²) in [5.41, 5.74) is 2.21. The van der Waals surface area contributed by atoms with E-state index in [9.17, 15) is 24.3 Å². The van der Waals surface area contributed by atoms with Crippen molar-refractivity contribution in [3.8, 4) is 17.2 Å². The van der Waals surface area contributed by atoms with Crippen LogP contribution < -0.4 is 14.4 Å². The molecule has 6 atom stereocenters. The topological polar surface area (TPSA) is 110 Å². The lowest BCUT2D eigenvalue weighted by Gasteiger charge is -2.54. The summed E-state index contributed by atoms with van der Waals surface area (Å²) in [5, 5.41) is 10.4. The first-order valence-corrected chi connectivity index (χ1v) is 14.4. The molecule has 1 heterocycles.